The van der Waals surface area contributed by atoms with Crippen LogP contribution in [0.2, 0.25) is 0 Å². The highest BCUT2D eigenvalue weighted by Crippen LogP contribution is 2.42. The van der Waals surface area contributed by atoms with Crippen LogP contribution in [-0.2, 0) is 0 Å². The minimum absolute atomic E-state index is 0.316. The van der Waals surface area contributed by atoms with Crippen molar-refractivity contribution in [2.75, 3.05) is 5.01 Å². The molecule has 2 heterocycles. The van der Waals surface area contributed by atoms with E-state index in [-0.39, 0.29) is 11.8 Å². The van der Waals surface area contributed by atoms with E-state index in [4.69, 9.17) is 0 Å². The van der Waals surface area contributed by atoms with E-state index in [2.05, 4.69) is 26.0 Å². The zero-order chi connectivity index (χ0) is 23.4. The molecule has 0 unspecified atom stereocenters. The van der Waals surface area contributed by atoms with Gasteiger partial charge in [0.15, 0.2) is 0 Å². The smallest absolute Gasteiger partial charge is 0.267 e. The maximum absolute atomic E-state index is 13.7. The predicted molar refractivity (Wildman–Crippen MR) is 136 cm³/mol. The van der Waals surface area contributed by atoms with Gasteiger partial charge in [-0.25, -0.2) is 4.68 Å². The second-order valence-electron chi connectivity index (χ2n) is 8.69. The maximum atomic E-state index is 13.7. The molecule has 0 radical (unpaired) electrons. The van der Waals surface area contributed by atoms with Crippen LogP contribution < -0.4 is 5.01 Å². The molecule has 0 saturated heterocycles. The van der Waals surface area contributed by atoms with Gasteiger partial charge in [0.1, 0.15) is 0 Å². The summed E-state index contributed by atoms with van der Waals surface area (Å²) in [5.41, 5.74) is 6.70. The fraction of sp³-hybridized carbons (Fsp3) is 0.0667. The first-order valence-corrected chi connectivity index (χ1v) is 11.3. The van der Waals surface area contributed by atoms with Crippen molar-refractivity contribution in [3.05, 3.63) is 119 Å². The Labute approximate surface area is 197 Å². The number of nitrogens with zero attached hydrogens (tertiary/aromatic N) is 2. The fourth-order valence-corrected chi connectivity index (χ4v) is 4.85. The molecular formula is C30H22N2O2. The van der Waals surface area contributed by atoms with Crippen molar-refractivity contribution in [3.8, 4) is 22.5 Å². The molecule has 164 valence electrons. The number of carbonyl (C=O) groups is 2. The summed E-state index contributed by atoms with van der Waals surface area (Å²) >= 11 is 0. The molecule has 1 aromatic heterocycles. The molecule has 1 aliphatic heterocycles. The Morgan fingerprint density at radius 2 is 0.912 bits per heavy atom. The molecule has 0 bridgehead atoms. The van der Waals surface area contributed by atoms with Crippen LogP contribution in [0.15, 0.2) is 97.1 Å². The average Bonchev–Trinajstić information content (AvgIpc) is 3.31. The second kappa shape index (κ2) is 7.56. The van der Waals surface area contributed by atoms with Crippen LogP contribution in [-0.4, -0.2) is 16.5 Å². The van der Waals surface area contributed by atoms with Gasteiger partial charge < -0.3 is 0 Å². The molecule has 34 heavy (non-hydrogen) atoms. The summed E-state index contributed by atoms with van der Waals surface area (Å²) in [6.07, 6.45) is 0. The molecule has 6 rings (SSSR count). The minimum atomic E-state index is -0.316. The Hall–Kier alpha value is -4.44. The molecule has 0 N–H and O–H groups in total. The summed E-state index contributed by atoms with van der Waals surface area (Å²) in [6.45, 7) is 4.18. The lowest BCUT2D eigenvalue weighted by Gasteiger charge is -2.22. The Morgan fingerprint density at radius 1 is 0.529 bits per heavy atom. The Kier molecular flexibility index (Phi) is 4.49. The topological polar surface area (TPSA) is 42.3 Å². The largest absolute Gasteiger partial charge is 0.281 e. The average molecular weight is 443 g/mol. The summed E-state index contributed by atoms with van der Waals surface area (Å²) in [4.78, 5) is 27.3. The van der Waals surface area contributed by atoms with E-state index < -0.39 is 0 Å². The van der Waals surface area contributed by atoms with Gasteiger partial charge in [-0.05, 0) is 49.2 Å². The molecule has 0 aliphatic carbocycles. The SMILES string of the molecule is Cc1cc2c(-c3ccccc3)n(N3C(=O)c4ccccc4C3=O)c(-c3ccccc3)c2cc1C. The quantitative estimate of drug-likeness (QED) is 0.298. The number of rotatable bonds is 3. The van der Waals surface area contributed by atoms with Crippen molar-refractivity contribution in [1.82, 2.24) is 4.68 Å². The molecule has 0 spiro atoms. The van der Waals surface area contributed by atoms with Crippen molar-refractivity contribution >= 4 is 22.6 Å². The molecule has 4 heteroatoms. The molecule has 4 aromatic carbocycles. The molecule has 0 atom stereocenters. The van der Waals surface area contributed by atoms with Crippen molar-refractivity contribution in [2.24, 2.45) is 0 Å². The first kappa shape index (κ1) is 20.2. The normalized spacial score (nSPS) is 13.1. The molecule has 1 aliphatic rings. The molecule has 0 fully saturated rings. The van der Waals surface area contributed by atoms with E-state index in [1.807, 2.05) is 65.3 Å². The third-order valence-electron chi connectivity index (χ3n) is 6.63. The zero-order valence-corrected chi connectivity index (χ0v) is 18.9. The van der Waals surface area contributed by atoms with Crippen molar-refractivity contribution in [2.45, 2.75) is 13.8 Å². The van der Waals surface area contributed by atoms with Gasteiger partial charge in [0.05, 0.1) is 22.5 Å². The zero-order valence-electron chi connectivity index (χ0n) is 18.9. The summed E-state index contributed by atoms with van der Waals surface area (Å²) in [5.74, 6) is -0.632. The molecule has 0 saturated carbocycles. The van der Waals surface area contributed by atoms with Crippen molar-refractivity contribution < 1.29 is 9.59 Å². The summed E-state index contributed by atoms with van der Waals surface area (Å²) < 4.78 is 1.83. The number of aromatic nitrogens is 1. The summed E-state index contributed by atoms with van der Waals surface area (Å²) in [6, 6.07) is 31.3. The van der Waals surface area contributed by atoms with E-state index in [0.29, 0.717) is 11.1 Å². The van der Waals surface area contributed by atoms with Crippen LogP contribution in [0.25, 0.3) is 33.3 Å². The summed E-state index contributed by atoms with van der Waals surface area (Å²) in [5, 5.41) is 3.31. The number of amides is 2. The van der Waals surface area contributed by atoms with Crippen LogP contribution in [0.1, 0.15) is 31.8 Å². The highest BCUT2D eigenvalue weighted by atomic mass is 16.2. The Morgan fingerprint density at radius 3 is 1.32 bits per heavy atom. The van der Waals surface area contributed by atoms with Gasteiger partial charge >= 0.3 is 0 Å². The van der Waals surface area contributed by atoms with E-state index in [1.54, 1.807) is 24.3 Å². The van der Waals surface area contributed by atoms with Crippen molar-refractivity contribution in [3.63, 3.8) is 0 Å². The van der Waals surface area contributed by atoms with Gasteiger partial charge in [-0.2, -0.15) is 5.01 Å². The third-order valence-corrected chi connectivity index (χ3v) is 6.63. The Bertz CT molecular complexity index is 1480. The number of benzene rings is 4. The predicted octanol–water partition coefficient (Wildman–Crippen LogP) is 6.52. The van der Waals surface area contributed by atoms with Gasteiger partial charge in [0.2, 0.25) is 0 Å². The first-order chi connectivity index (χ1) is 16.6. The minimum Gasteiger partial charge on any atom is -0.267 e. The summed E-state index contributed by atoms with van der Waals surface area (Å²) in [7, 11) is 0. The Balaban J connectivity index is 1.78. The lowest BCUT2D eigenvalue weighted by Crippen LogP contribution is -2.40. The van der Waals surface area contributed by atoms with Crippen LogP contribution in [0, 0.1) is 13.8 Å². The highest BCUT2D eigenvalue weighted by Gasteiger charge is 2.39. The second-order valence-corrected chi connectivity index (χ2v) is 8.69. The van der Waals surface area contributed by atoms with E-state index in [0.717, 1.165) is 44.4 Å². The number of imide groups is 1. The van der Waals surface area contributed by atoms with Gasteiger partial charge in [0, 0.05) is 21.9 Å². The number of aryl methyl sites for hydroxylation is 2. The molecular weight excluding hydrogens is 420 g/mol. The lowest BCUT2D eigenvalue weighted by atomic mass is 9.99. The van der Waals surface area contributed by atoms with E-state index >= 15 is 0 Å². The third kappa shape index (κ3) is 2.85. The van der Waals surface area contributed by atoms with Crippen LogP contribution in [0.3, 0.4) is 0 Å². The van der Waals surface area contributed by atoms with Gasteiger partial charge in [-0.3, -0.25) is 9.59 Å². The molecule has 2 amide bonds. The number of carbonyl (C=O) groups excluding carboxylic acids is 2. The number of hydrogen-bond acceptors (Lipinski definition) is 2. The van der Waals surface area contributed by atoms with Crippen LogP contribution in [0.4, 0.5) is 0 Å². The monoisotopic (exact) mass is 442 g/mol. The molecule has 4 nitrogen and oxygen atoms in total. The number of fused-ring (bicyclic) bond motifs is 2. The lowest BCUT2D eigenvalue weighted by molar-refractivity contribution is 0.0888. The molecule has 5 aromatic rings. The highest BCUT2D eigenvalue weighted by molar-refractivity contribution is 6.31. The van der Waals surface area contributed by atoms with E-state index in [9.17, 15) is 9.59 Å². The van der Waals surface area contributed by atoms with Crippen LogP contribution >= 0.6 is 0 Å². The van der Waals surface area contributed by atoms with Gasteiger partial charge in [0.25, 0.3) is 11.8 Å². The van der Waals surface area contributed by atoms with Crippen molar-refractivity contribution in [1.29, 1.82) is 0 Å². The van der Waals surface area contributed by atoms with Gasteiger partial charge in [-0.15, -0.1) is 0 Å². The number of hydrogen-bond donors (Lipinski definition) is 0. The van der Waals surface area contributed by atoms with Gasteiger partial charge in [-0.1, -0.05) is 72.8 Å². The maximum Gasteiger partial charge on any atom is 0.281 e. The van der Waals surface area contributed by atoms with E-state index in [1.165, 1.54) is 5.01 Å². The first-order valence-electron chi connectivity index (χ1n) is 11.3. The fourth-order valence-electron chi connectivity index (χ4n) is 4.85. The standard InChI is InChI=1S/C30H22N2O2/c1-19-17-25-26(18-20(19)2)28(22-13-7-4-8-14-22)31(27(25)21-11-5-3-6-12-21)32-29(33)23-15-9-10-16-24(23)30(32)34/h3-18H,1-2H3. The van der Waals surface area contributed by atoms with Crippen LogP contribution in [0.5, 0.6) is 0 Å².